The number of allylic oxidation sites excluding steroid dienone is 15. The van der Waals surface area contributed by atoms with Crippen LogP contribution in [-0.2, 0) is 23.8 Å². The zero-order chi connectivity index (χ0) is 62.4. The highest BCUT2D eigenvalue weighted by Crippen LogP contribution is 2.26. The van der Waals surface area contributed by atoms with Gasteiger partial charge in [-0.15, -0.1) is 0 Å². The van der Waals surface area contributed by atoms with Crippen LogP contribution in [0.15, 0.2) is 97.2 Å². The van der Waals surface area contributed by atoms with E-state index >= 15 is 0 Å². The summed E-state index contributed by atoms with van der Waals surface area (Å²) >= 11 is 0. The van der Waals surface area contributed by atoms with Crippen LogP contribution < -0.4 is 5.32 Å². The summed E-state index contributed by atoms with van der Waals surface area (Å²) in [6, 6.07) is -1.03. The Kier molecular flexibility index (Phi) is 57.9. The Morgan fingerprint density at radius 2 is 0.837 bits per heavy atom. The summed E-state index contributed by atoms with van der Waals surface area (Å²) < 4.78 is 17.7. The Morgan fingerprint density at radius 1 is 0.465 bits per heavy atom. The molecule has 1 fully saturated rings. The van der Waals surface area contributed by atoms with Gasteiger partial charge in [0.15, 0.2) is 12.4 Å². The Balaban J connectivity index is 2.59. The normalized spacial score (nSPS) is 18.9. The van der Waals surface area contributed by atoms with Gasteiger partial charge in [0.25, 0.3) is 0 Å². The minimum Gasteiger partial charge on any atom is -0.454 e. The van der Waals surface area contributed by atoms with Crippen LogP contribution in [0.3, 0.4) is 0 Å². The van der Waals surface area contributed by atoms with Gasteiger partial charge in [0.2, 0.25) is 5.91 Å². The smallest absolute Gasteiger partial charge is 0.306 e. The minimum absolute atomic E-state index is 0.118. The van der Waals surface area contributed by atoms with Gasteiger partial charge in [-0.25, -0.2) is 0 Å². The van der Waals surface area contributed by atoms with Crippen LogP contribution in [0.4, 0.5) is 0 Å². The molecule has 0 aromatic carbocycles. The summed E-state index contributed by atoms with van der Waals surface area (Å²) in [7, 11) is 0. The number of carbonyl (C=O) groups is 2. The molecule has 0 spiro atoms. The molecule has 11 heteroatoms. The van der Waals surface area contributed by atoms with E-state index in [1.54, 1.807) is 6.08 Å². The largest absolute Gasteiger partial charge is 0.454 e. The fourth-order valence-corrected chi connectivity index (χ4v) is 10.7. The molecule has 0 aromatic heterocycles. The van der Waals surface area contributed by atoms with E-state index in [1.165, 1.54) is 154 Å². The van der Waals surface area contributed by atoms with Crippen molar-refractivity contribution < 1.29 is 49.3 Å². The topological polar surface area (TPSA) is 175 Å². The Bertz CT molecular complexity index is 1770. The van der Waals surface area contributed by atoms with Crippen molar-refractivity contribution in [3.8, 4) is 0 Å². The molecule has 8 unspecified atom stereocenters. The third kappa shape index (κ3) is 48.5. The third-order valence-electron chi connectivity index (χ3n) is 16.2. The Morgan fingerprint density at radius 3 is 1.28 bits per heavy atom. The molecule has 0 aliphatic carbocycles. The van der Waals surface area contributed by atoms with E-state index in [1.807, 2.05) is 6.08 Å². The molecule has 1 aliphatic heterocycles. The third-order valence-corrected chi connectivity index (χ3v) is 16.2. The number of ether oxygens (including phenoxy) is 3. The van der Waals surface area contributed by atoms with Crippen molar-refractivity contribution in [2.75, 3.05) is 13.2 Å². The van der Waals surface area contributed by atoms with Gasteiger partial charge in [-0.3, -0.25) is 9.59 Å². The molecule has 496 valence electrons. The van der Waals surface area contributed by atoms with Gasteiger partial charge < -0.3 is 45.1 Å². The average Bonchev–Trinajstić information content (AvgIpc) is 3.68. The van der Waals surface area contributed by atoms with Gasteiger partial charge in [0.05, 0.1) is 25.4 Å². The molecule has 86 heavy (non-hydrogen) atoms. The number of aliphatic hydroxyl groups is 5. The maximum absolute atomic E-state index is 13.5. The Hall–Kier alpha value is -3.42. The van der Waals surface area contributed by atoms with Crippen molar-refractivity contribution in [3.05, 3.63) is 97.2 Å². The maximum atomic E-state index is 13.5. The molecule has 8 atom stereocenters. The van der Waals surface area contributed by atoms with E-state index < -0.39 is 67.4 Å². The highest BCUT2D eigenvalue weighted by molar-refractivity contribution is 5.80. The molecule has 0 aromatic rings. The lowest BCUT2D eigenvalue weighted by atomic mass is 9.99. The summed E-state index contributed by atoms with van der Waals surface area (Å²) in [5, 5.41) is 57.2. The number of aliphatic hydroxyl groups excluding tert-OH is 5. The number of nitrogens with one attached hydrogen (secondary N) is 1. The second-order valence-electron chi connectivity index (χ2n) is 24.2. The number of carbonyl (C=O) groups excluding carboxylic acids is 2. The van der Waals surface area contributed by atoms with Crippen LogP contribution >= 0.6 is 0 Å². The summed E-state index contributed by atoms with van der Waals surface area (Å²) in [6.45, 7) is 5.67. The first kappa shape index (κ1) is 80.6. The Labute approximate surface area is 526 Å². The van der Waals surface area contributed by atoms with Crippen LogP contribution in [0, 0.1) is 0 Å². The van der Waals surface area contributed by atoms with Crippen molar-refractivity contribution in [1.82, 2.24) is 5.32 Å². The van der Waals surface area contributed by atoms with E-state index in [2.05, 4.69) is 111 Å². The molecule has 1 saturated heterocycles. The average molecular weight is 1210 g/mol. The van der Waals surface area contributed by atoms with Crippen molar-refractivity contribution in [2.45, 2.75) is 352 Å². The lowest BCUT2D eigenvalue weighted by Crippen LogP contribution is -2.61. The maximum Gasteiger partial charge on any atom is 0.306 e. The molecule has 0 radical (unpaired) electrons. The highest BCUT2D eigenvalue weighted by atomic mass is 16.7. The van der Waals surface area contributed by atoms with E-state index in [-0.39, 0.29) is 19.4 Å². The monoisotopic (exact) mass is 1210 g/mol. The number of amides is 1. The molecule has 0 bridgehead atoms. The zero-order valence-corrected chi connectivity index (χ0v) is 55.2. The molecule has 6 N–H and O–H groups in total. The lowest BCUT2D eigenvalue weighted by Gasteiger charge is -2.41. The van der Waals surface area contributed by atoms with Crippen LogP contribution in [0.1, 0.15) is 303 Å². The van der Waals surface area contributed by atoms with Crippen LogP contribution in [0.5, 0.6) is 0 Å². The summed E-state index contributed by atoms with van der Waals surface area (Å²) in [4.78, 5) is 26.7. The molecule has 1 heterocycles. The number of hydrogen-bond acceptors (Lipinski definition) is 10. The summed E-state index contributed by atoms with van der Waals surface area (Å²) in [6.07, 6.45) is 72.9. The summed E-state index contributed by atoms with van der Waals surface area (Å²) in [5.41, 5.74) is 0. The van der Waals surface area contributed by atoms with E-state index in [4.69, 9.17) is 14.2 Å². The summed E-state index contributed by atoms with van der Waals surface area (Å²) in [5.74, 6) is -1.20. The molecule has 0 saturated carbocycles. The standard InChI is InChI=1S/C75H131NO10/c1-4-7-10-13-16-19-22-25-27-29-31-33-34-35-37-38-40-42-44-47-50-53-56-59-62-68(79)74(83)76-66(67(78)61-58-55-52-49-46-24-21-18-15-12-9-6-3)65-84-75-73(72(82)71(81)69(64-77)85-75)86-70(80)63-60-57-54-51-48-45-43-41-39-36-32-30-28-26-23-20-17-14-11-8-5-2/h7,10,16-17,19-20,25-28,31,33,35,37,58,61,66-69,71-73,75,77-79,81-82H,4-6,8-9,11-15,18,21-24,29-30,32,34,36,38-57,59-60,62-65H2,1-3H3,(H,76,83)/b10-7-,19-16-,20-17-,27-25-,28-26-,33-31-,37-35-,61-58+. The van der Waals surface area contributed by atoms with E-state index in [0.29, 0.717) is 12.8 Å². The molecule has 1 amide bonds. The predicted molar refractivity (Wildman–Crippen MR) is 361 cm³/mol. The van der Waals surface area contributed by atoms with Gasteiger partial charge in [-0.05, 0) is 103 Å². The highest BCUT2D eigenvalue weighted by Gasteiger charge is 2.47. The quantitative estimate of drug-likeness (QED) is 0.0195. The fraction of sp³-hybridized carbons (Fsp3) is 0.760. The van der Waals surface area contributed by atoms with Crippen LogP contribution in [-0.4, -0.2) is 99.6 Å². The molecule has 1 rings (SSSR count). The van der Waals surface area contributed by atoms with Crippen LogP contribution in [0.2, 0.25) is 0 Å². The van der Waals surface area contributed by atoms with E-state index in [0.717, 1.165) is 103 Å². The van der Waals surface area contributed by atoms with Gasteiger partial charge in [0.1, 0.15) is 24.4 Å². The molecular formula is C75H131NO10. The van der Waals surface area contributed by atoms with Crippen molar-refractivity contribution >= 4 is 11.9 Å². The first-order valence-electron chi connectivity index (χ1n) is 35.5. The van der Waals surface area contributed by atoms with Gasteiger partial charge >= 0.3 is 5.97 Å². The molecular weight excluding hydrogens is 1070 g/mol. The van der Waals surface area contributed by atoms with Crippen LogP contribution in [0.25, 0.3) is 0 Å². The predicted octanol–water partition coefficient (Wildman–Crippen LogP) is 18.2. The first-order chi connectivity index (χ1) is 42.2. The van der Waals surface area contributed by atoms with Gasteiger partial charge in [0, 0.05) is 6.42 Å². The van der Waals surface area contributed by atoms with Gasteiger partial charge in [-0.2, -0.15) is 0 Å². The second kappa shape index (κ2) is 61.8. The number of rotatable bonds is 60. The minimum atomic E-state index is -1.62. The molecule has 11 nitrogen and oxygen atoms in total. The number of unbranched alkanes of at least 4 members (excludes halogenated alkanes) is 32. The fourth-order valence-electron chi connectivity index (χ4n) is 10.7. The number of esters is 1. The van der Waals surface area contributed by atoms with Gasteiger partial charge in [-0.1, -0.05) is 291 Å². The van der Waals surface area contributed by atoms with Crippen molar-refractivity contribution in [1.29, 1.82) is 0 Å². The lowest BCUT2D eigenvalue weighted by molar-refractivity contribution is -0.305. The number of hydrogen-bond donors (Lipinski definition) is 6. The molecule has 1 aliphatic rings. The second-order valence-corrected chi connectivity index (χ2v) is 24.2. The zero-order valence-electron chi connectivity index (χ0n) is 55.2. The first-order valence-corrected chi connectivity index (χ1v) is 35.5. The SMILES string of the molecule is CC/C=C\C/C=C\C/C=C\C/C=C\C/C=C\CCCCCCCCCCC(O)C(=O)NC(COC1OC(CO)C(O)C(O)C1OC(=O)CCCCCCCCCCCCC/C=C\C/C=C\CCCCC)C(O)/C=C/CCCCCCCCCCCC. The van der Waals surface area contributed by atoms with Crippen molar-refractivity contribution in [2.24, 2.45) is 0 Å². The van der Waals surface area contributed by atoms with Crippen molar-refractivity contribution in [3.63, 3.8) is 0 Å². The van der Waals surface area contributed by atoms with E-state index in [9.17, 15) is 35.1 Å².